The molecule has 0 fully saturated rings. The van der Waals surface area contributed by atoms with Crippen molar-refractivity contribution in [1.82, 2.24) is 4.98 Å². The number of rotatable bonds is 3. The average molecular weight is 219 g/mol. The van der Waals surface area contributed by atoms with Gasteiger partial charge in [0.1, 0.15) is 0 Å². The van der Waals surface area contributed by atoms with E-state index >= 15 is 0 Å². The second-order valence-electron chi connectivity index (χ2n) is 3.55. The molecule has 3 heteroatoms. The predicted molar refractivity (Wildman–Crippen MR) is 62.0 cm³/mol. The van der Waals surface area contributed by atoms with Gasteiger partial charge in [-0.2, -0.15) is 0 Å². The molecule has 1 N–H and O–H groups in total. The van der Waals surface area contributed by atoms with E-state index in [4.69, 9.17) is 5.11 Å². The highest BCUT2D eigenvalue weighted by Crippen LogP contribution is 2.15. The monoisotopic (exact) mass is 219 g/mol. The number of hydrogen-bond donors (Lipinski definition) is 1. The highest BCUT2D eigenvalue weighted by Gasteiger charge is 2.02. The Bertz CT molecular complexity index is 433. The maximum Gasteiger partial charge on any atom is 0.0973 e. The quantitative estimate of drug-likeness (QED) is 0.860. The number of aliphatic hydroxyl groups excluding tert-OH is 1. The highest BCUT2D eigenvalue weighted by molar-refractivity contribution is 7.09. The third-order valence-electron chi connectivity index (χ3n) is 2.24. The smallest absolute Gasteiger partial charge is 0.0973 e. The minimum absolute atomic E-state index is 0.0321. The van der Waals surface area contributed by atoms with E-state index in [-0.39, 0.29) is 6.61 Å². The first-order valence-corrected chi connectivity index (χ1v) is 5.75. The van der Waals surface area contributed by atoms with E-state index in [0.717, 1.165) is 17.1 Å². The van der Waals surface area contributed by atoms with Gasteiger partial charge in [-0.05, 0) is 12.5 Å². The third kappa shape index (κ3) is 2.64. The molecule has 0 aliphatic carbocycles. The Labute approximate surface area is 93.2 Å². The molecule has 0 amide bonds. The van der Waals surface area contributed by atoms with Gasteiger partial charge in [0.05, 0.1) is 17.3 Å². The van der Waals surface area contributed by atoms with Crippen LogP contribution in [0.15, 0.2) is 29.6 Å². The van der Waals surface area contributed by atoms with Crippen molar-refractivity contribution in [3.05, 3.63) is 51.5 Å². The van der Waals surface area contributed by atoms with E-state index < -0.39 is 0 Å². The van der Waals surface area contributed by atoms with Gasteiger partial charge in [0.25, 0.3) is 0 Å². The highest BCUT2D eigenvalue weighted by atomic mass is 32.1. The van der Waals surface area contributed by atoms with Crippen molar-refractivity contribution >= 4 is 11.3 Å². The number of thiazole rings is 1. The minimum Gasteiger partial charge on any atom is -0.390 e. The SMILES string of the molecule is Cc1ccc(Cc2nc(CO)cs2)cc1. The maximum atomic E-state index is 8.90. The van der Waals surface area contributed by atoms with Crippen molar-refractivity contribution in [2.24, 2.45) is 0 Å². The van der Waals surface area contributed by atoms with Gasteiger partial charge < -0.3 is 5.11 Å². The van der Waals surface area contributed by atoms with E-state index in [1.807, 2.05) is 5.38 Å². The molecule has 78 valence electrons. The van der Waals surface area contributed by atoms with Gasteiger partial charge in [0.15, 0.2) is 0 Å². The molecule has 1 aromatic carbocycles. The minimum atomic E-state index is 0.0321. The van der Waals surface area contributed by atoms with Crippen LogP contribution in [0.2, 0.25) is 0 Å². The lowest BCUT2D eigenvalue weighted by atomic mass is 10.1. The largest absolute Gasteiger partial charge is 0.390 e. The lowest BCUT2D eigenvalue weighted by Gasteiger charge is -1.98. The third-order valence-corrected chi connectivity index (χ3v) is 3.13. The molecule has 0 aliphatic rings. The Morgan fingerprint density at radius 3 is 2.60 bits per heavy atom. The van der Waals surface area contributed by atoms with Gasteiger partial charge in [0, 0.05) is 11.8 Å². The van der Waals surface area contributed by atoms with Crippen LogP contribution >= 0.6 is 11.3 Å². The molecule has 0 atom stereocenters. The summed E-state index contributed by atoms with van der Waals surface area (Å²) in [5.41, 5.74) is 3.30. The summed E-state index contributed by atoms with van der Waals surface area (Å²) in [5.74, 6) is 0. The molecule has 0 saturated heterocycles. The van der Waals surface area contributed by atoms with Crippen LogP contribution in [-0.2, 0) is 13.0 Å². The summed E-state index contributed by atoms with van der Waals surface area (Å²) in [6.07, 6.45) is 0.852. The summed E-state index contributed by atoms with van der Waals surface area (Å²) in [6, 6.07) is 8.45. The Balaban J connectivity index is 2.11. The maximum absolute atomic E-state index is 8.90. The fourth-order valence-electron chi connectivity index (χ4n) is 1.38. The fraction of sp³-hybridized carbons (Fsp3) is 0.250. The topological polar surface area (TPSA) is 33.1 Å². The van der Waals surface area contributed by atoms with Crippen molar-refractivity contribution in [3.8, 4) is 0 Å². The molecule has 1 aromatic heterocycles. The summed E-state index contributed by atoms with van der Waals surface area (Å²) in [6.45, 7) is 2.11. The first kappa shape index (κ1) is 10.3. The van der Waals surface area contributed by atoms with Crippen molar-refractivity contribution in [2.75, 3.05) is 0 Å². The molecule has 0 spiro atoms. The molecule has 2 aromatic rings. The molecule has 1 heterocycles. The van der Waals surface area contributed by atoms with Crippen molar-refractivity contribution in [2.45, 2.75) is 20.0 Å². The van der Waals surface area contributed by atoms with Crippen LogP contribution < -0.4 is 0 Å². The van der Waals surface area contributed by atoms with Gasteiger partial charge in [-0.3, -0.25) is 0 Å². The molecule has 2 rings (SSSR count). The number of aryl methyl sites for hydroxylation is 1. The van der Waals surface area contributed by atoms with Gasteiger partial charge in [-0.25, -0.2) is 4.98 Å². The van der Waals surface area contributed by atoms with Crippen LogP contribution in [0.1, 0.15) is 21.8 Å². The number of aromatic nitrogens is 1. The van der Waals surface area contributed by atoms with E-state index in [1.165, 1.54) is 11.1 Å². The van der Waals surface area contributed by atoms with Gasteiger partial charge in [-0.15, -0.1) is 11.3 Å². The molecule has 0 radical (unpaired) electrons. The molecule has 15 heavy (non-hydrogen) atoms. The van der Waals surface area contributed by atoms with Crippen molar-refractivity contribution in [1.29, 1.82) is 0 Å². The summed E-state index contributed by atoms with van der Waals surface area (Å²) in [5, 5.41) is 11.9. The number of nitrogens with zero attached hydrogens (tertiary/aromatic N) is 1. The Hall–Kier alpha value is -1.19. The Kier molecular flexibility index (Phi) is 3.14. The van der Waals surface area contributed by atoms with Crippen LogP contribution in [0.25, 0.3) is 0 Å². The van der Waals surface area contributed by atoms with Crippen LogP contribution in [0.5, 0.6) is 0 Å². The Morgan fingerprint density at radius 2 is 2.00 bits per heavy atom. The summed E-state index contributed by atoms with van der Waals surface area (Å²) in [7, 11) is 0. The first-order chi connectivity index (χ1) is 7.28. The zero-order chi connectivity index (χ0) is 10.7. The van der Waals surface area contributed by atoms with Gasteiger partial charge >= 0.3 is 0 Å². The molecule has 0 bridgehead atoms. The second-order valence-corrected chi connectivity index (χ2v) is 4.50. The van der Waals surface area contributed by atoms with Crippen LogP contribution in [-0.4, -0.2) is 10.1 Å². The van der Waals surface area contributed by atoms with Crippen LogP contribution in [0.3, 0.4) is 0 Å². The standard InChI is InChI=1S/C12H13NOS/c1-9-2-4-10(5-3-9)6-12-13-11(7-14)8-15-12/h2-5,8,14H,6-7H2,1H3. The molecule has 0 aliphatic heterocycles. The summed E-state index contributed by atoms with van der Waals surface area (Å²) in [4.78, 5) is 4.31. The zero-order valence-corrected chi connectivity index (χ0v) is 9.42. The van der Waals surface area contributed by atoms with E-state index in [2.05, 4.69) is 36.2 Å². The lowest BCUT2D eigenvalue weighted by Crippen LogP contribution is -1.89. The van der Waals surface area contributed by atoms with E-state index in [1.54, 1.807) is 11.3 Å². The normalized spacial score (nSPS) is 10.5. The van der Waals surface area contributed by atoms with Gasteiger partial charge in [-0.1, -0.05) is 29.8 Å². The zero-order valence-electron chi connectivity index (χ0n) is 8.60. The molecule has 2 nitrogen and oxygen atoms in total. The molecular weight excluding hydrogens is 206 g/mol. The second kappa shape index (κ2) is 4.55. The Morgan fingerprint density at radius 1 is 1.27 bits per heavy atom. The average Bonchev–Trinajstić information content (AvgIpc) is 2.69. The van der Waals surface area contributed by atoms with Crippen LogP contribution in [0.4, 0.5) is 0 Å². The molecular formula is C12H13NOS. The summed E-state index contributed by atoms with van der Waals surface area (Å²) < 4.78 is 0. The molecule has 0 saturated carbocycles. The van der Waals surface area contributed by atoms with Crippen molar-refractivity contribution < 1.29 is 5.11 Å². The predicted octanol–water partition coefficient (Wildman–Crippen LogP) is 2.53. The van der Waals surface area contributed by atoms with E-state index in [0.29, 0.717) is 0 Å². The lowest BCUT2D eigenvalue weighted by molar-refractivity contribution is 0.277. The number of hydrogen-bond acceptors (Lipinski definition) is 3. The first-order valence-electron chi connectivity index (χ1n) is 4.87. The van der Waals surface area contributed by atoms with Crippen molar-refractivity contribution in [3.63, 3.8) is 0 Å². The molecule has 0 unspecified atom stereocenters. The van der Waals surface area contributed by atoms with Crippen LogP contribution in [0, 0.1) is 6.92 Å². The number of aliphatic hydroxyl groups is 1. The fourth-order valence-corrected chi connectivity index (χ4v) is 2.20. The number of benzene rings is 1. The van der Waals surface area contributed by atoms with Gasteiger partial charge in [0.2, 0.25) is 0 Å². The summed E-state index contributed by atoms with van der Waals surface area (Å²) >= 11 is 1.60. The van der Waals surface area contributed by atoms with E-state index in [9.17, 15) is 0 Å².